The zero-order chi connectivity index (χ0) is 34.2. The van der Waals surface area contributed by atoms with Crippen LogP contribution in [0, 0.1) is 0 Å². The molecule has 0 fully saturated rings. The number of halogens is 1. The lowest BCUT2D eigenvalue weighted by Crippen LogP contribution is -2.34. The first-order chi connectivity index (χ1) is 23.8. The summed E-state index contributed by atoms with van der Waals surface area (Å²) in [5.74, 6) is 3.87. The van der Waals surface area contributed by atoms with E-state index in [1.807, 2.05) is 30.3 Å². The maximum Gasteiger partial charge on any atom is 0.322 e. The Hall–Kier alpha value is -4.25. The van der Waals surface area contributed by atoms with Crippen LogP contribution in [-0.4, -0.2) is 69.6 Å². The van der Waals surface area contributed by atoms with Crippen molar-refractivity contribution in [3.05, 3.63) is 94.0 Å². The standard InChI is InChI=1S/C39H41BrN2O7/c1-41-14-12-25-19-32(45-4)34-21-28(25)29(41)16-23-6-9-27(10-7-23)47-33-18-24(8-11-31(33)44-3)17-30-37-26(13-15-42(30)2)20-35(46-5)38(39(37)48-34)49-36(43)22-40/h6-11,18-21,29-30H,12-17,22H2,1-5H3/t29-,30-/m0/s1. The van der Waals surface area contributed by atoms with E-state index in [1.165, 1.54) is 16.7 Å². The lowest BCUT2D eigenvalue weighted by molar-refractivity contribution is -0.131. The monoisotopic (exact) mass is 728 g/mol. The molecule has 0 saturated heterocycles. The molecular formula is C39H41BrN2O7. The van der Waals surface area contributed by atoms with Gasteiger partial charge in [0.2, 0.25) is 5.75 Å². The van der Waals surface area contributed by atoms with Crippen molar-refractivity contribution in [3.8, 4) is 46.0 Å². The summed E-state index contributed by atoms with van der Waals surface area (Å²) >= 11 is 3.27. The Bertz CT molecular complexity index is 1880. The van der Waals surface area contributed by atoms with Gasteiger partial charge in [0.05, 0.1) is 21.3 Å². The van der Waals surface area contributed by atoms with Crippen molar-refractivity contribution in [2.45, 2.75) is 37.8 Å². The van der Waals surface area contributed by atoms with Gasteiger partial charge in [0.1, 0.15) is 11.1 Å². The van der Waals surface area contributed by atoms with Crippen molar-refractivity contribution in [1.29, 1.82) is 0 Å². The number of rotatable bonds is 5. The first-order valence-corrected chi connectivity index (χ1v) is 17.7. The molecule has 6 bridgehead atoms. The molecule has 9 nitrogen and oxygen atoms in total. The molecule has 0 aromatic heterocycles. The van der Waals surface area contributed by atoms with Crippen LogP contribution in [0.25, 0.3) is 0 Å². The third-order valence-electron chi connectivity index (χ3n) is 9.97. The van der Waals surface area contributed by atoms with E-state index in [4.69, 9.17) is 28.4 Å². The Morgan fingerprint density at radius 1 is 0.755 bits per heavy atom. The van der Waals surface area contributed by atoms with Crippen LogP contribution in [0.3, 0.4) is 0 Å². The second-order valence-electron chi connectivity index (χ2n) is 12.9. The van der Waals surface area contributed by atoms with E-state index in [-0.39, 0.29) is 23.2 Å². The molecule has 8 rings (SSSR count). The highest BCUT2D eigenvalue weighted by atomic mass is 79.9. The highest BCUT2D eigenvalue weighted by Gasteiger charge is 2.35. The first kappa shape index (κ1) is 33.3. The number of nitrogens with zero attached hydrogens (tertiary/aromatic N) is 2. The van der Waals surface area contributed by atoms with Gasteiger partial charge in [-0.1, -0.05) is 34.1 Å². The van der Waals surface area contributed by atoms with Crippen LogP contribution < -0.4 is 28.4 Å². The van der Waals surface area contributed by atoms with Crippen molar-refractivity contribution in [2.24, 2.45) is 0 Å². The lowest BCUT2D eigenvalue weighted by atomic mass is 9.87. The van der Waals surface area contributed by atoms with Gasteiger partial charge in [-0.3, -0.25) is 14.6 Å². The van der Waals surface area contributed by atoms with E-state index < -0.39 is 5.97 Å². The highest BCUT2D eigenvalue weighted by molar-refractivity contribution is 9.09. The molecular weight excluding hydrogens is 688 g/mol. The Morgan fingerprint density at radius 2 is 1.39 bits per heavy atom. The molecule has 0 aliphatic carbocycles. The summed E-state index contributed by atoms with van der Waals surface area (Å²) < 4.78 is 37.0. The SMILES string of the molecule is COc1ccc2cc1Oc1ccc(cc1)C[C@H]1c3cc(c(OC)cc3CCN1C)Oc1c(OC(=O)CBr)c(OC)cc3c1[C@H](C2)N(C)CC3. The van der Waals surface area contributed by atoms with Gasteiger partial charge >= 0.3 is 5.97 Å². The molecule has 0 saturated carbocycles. The molecule has 0 radical (unpaired) electrons. The van der Waals surface area contributed by atoms with Crippen LogP contribution in [-0.2, 0) is 30.5 Å². The average Bonchev–Trinajstić information content (AvgIpc) is 3.11. The number of esters is 1. The maximum atomic E-state index is 12.9. The smallest absolute Gasteiger partial charge is 0.322 e. The highest BCUT2D eigenvalue weighted by Crippen LogP contribution is 2.52. The molecule has 0 unspecified atom stereocenters. The molecule has 49 heavy (non-hydrogen) atoms. The topological polar surface area (TPSA) is 78.9 Å². The van der Waals surface area contributed by atoms with Crippen molar-refractivity contribution in [2.75, 3.05) is 53.8 Å². The van der Waals surface area contributed by atoms with E-state index in [2.05, 4.69) is 70.2 Å². The number of hydrogen-bond donors (Lipinski definition) is 0. The summed E-state index contributed by atoms with van der Waals surface area (Å²) in [5.41, 5.74) is 6.65. The number of carbonyl (C=O) groups is 1. The normalized spacial score (nSPS) is 18.7. The molecule has 4 aliphatic heterocycles. The van der Waals surface area contributed by atoms with Crippen molar-refractivity contribution < 1.29 is 33.2 Å². The molecule has 2 atom stereocenters. The van der Waals surface area contributed by atoms with Gasteiger partial charge in [-0.15, -0.1) is 0 Å². The fourth-order valence-corrected chi connectivity index (χ4v) is 7.43. The molecule has 10 heteroatoms. The number of carbonyl (C=O) groups excluding carboxylic acids is 1. The van der Waals surface area contributed by atoms with E-state index >= 15 is 0 Å². The first-order valence-electron chi connectivity index (χ1n) is 16.5. The largest absolute Gasteiger partial charge is 0.493 e. The third-order valence-corrected chi connectivity index (χ3v) is 10.4. The van der Waals surface area contributed by atoms with E-state index in [0.717, 1.165) is 54.8 Å². The average molecular weight is 730 g/mol. The molecule has 0 amide bonds. The van der Waals surface area contributed by atoms with Gasteiger partial charge in [-0.25, -0.2) is 0 Å². The summed E-state index contributed by atoms with van der Waals surface area (Å²) in [6.45, 7) is 1.74. The Balaban J connectivity index is 1.48. The molecule has 4 aliphatic rings. The van der Waals surface area contributed by atoms with Gasteiger partial charge in [0, 0.05) is 30.7 Å². The van der Waals surface area contributed by atoms with Crippen LogP contribution in [0.4, 0.5) is 0 Å². The van der Waals surface area contributed by atoms with Crippen LogP contribution in [0.5, 0.6) is 46.0 Å². The minimum Gasteiger partial charge on any atom is -0.493 e. The number of benzene rings is 4. The van der Waals surface area contributed by atoms with Crippen molar-refractivity contribution in [3.63, 3.8) is 0 Å². The number of hydrogen-bond acceptors (Lipinski definition) is 9. The Kier molecular flexibility index (Phi) is 9.46. The summed E-state index contributed by atoms with van der Waals surface area (Å²) in [4.78, 5) is 17.6. The second-order valence-corrected chi connectivity index (χ2v) is 13.4. The van der Waals surface area contributed by atoms with Gasteiger partial charge in [0.25, 0.3) is 0 Å². The van der Waals surface area contributed by atoms with Crippen molar-refractivity contribution >= 4 is 21.9 Å². The number of methoxy groups -OCH3 is 3. The molecule has 4 aromatic rings. The zero-order valence-corrected chi connectivity index (χ0v) is 30.1. The number of fused-ring (bicyclic) bond motifs is 2. The summed E-state index contributed by atoms with van der Waals surface area (Å²) in [6.07, 6.45) is 3.08. The summed E-state index contributed by atoms with van der Waals surface area (Å²) in [6, 6.07) is 20.5. The van der Waals surface area contributed by atoms with Gasteiger partial charge in [-0.2, -0.15) is 0 Å². The molecule has 256 valence electrons. The third kappa shape index (κ3) is 6.45. The number of ether oxygens (including phenoxy) is 6. The van der Waals surface area contributed by atoms with Gasteiger partial charge < -0.3 is 28.4 Å². The zero-order valence-electron chi connectivity index (χ0n) is 28.5. The van der Waals surface area contributed by atoms with E-state index in [0.29, 0.717) is 40.9 Å². The molecule has 4 aromatic carbocycles. The van der Waals surface area contributed by atoms with E-state index in [1.54, 1.807) is 21.3 Å². The minimum atomic E-state index is -0.458. The maximum absolute atomic E-state index is 12.9. The predicted octanol–water partition coefficient (Wildman–Crippen LogP) is 7.45. The minimum absolute atomic E-state index is 0.0154. The fraction of sp³-hybridized carbons (Fsp3) is 0.359. The van der Waals surface area contributed by atoms with Crippen LogP contribution in [0.2, 0.25) is 0 Å². The number of alkyl halides is 1. The molecule has 0 spiro atoms. The Morgan fingerprint density at radius 3 is 2.10 bits per heavy atom. The Labute approximate surface area is 295 Å². The van der Waals surface area contributed by atoms with Crippen LogP contribution in [0.1, 0.15) is 45.5 Å². The predicted molar refractivity (Wildman–Crippen MR) is 191 cm³/mol. The van der Waals surface area contributed by atoms with Gasteiger partial charge in [0.15, 0.2) is 34.5 Å². The van der Waals surface area contributed by atoms with Gasteiger partial charge in [-0.05, 0) is 110 Å². The molecule has 4 heterocycles. The summed E-state index contributed by atoms with van der Waals surface area (Å²) in [5, 5.41) is 0.0154. The summed E-state index contributed by atoms with van der Waals surface area (Å²) in [7, 11) is 9.17. The van der Waals surface area contributed by atoms with Crippen LogP contribution >= 0.6 is 15.9 Å². The van der Waals surface area contributed by atoms with Crippen molar-refractivity contribution in [1.82, 2.24) is 9.80 Å². The fourth-order valence-electron chi connectivity index (χ4n) is 7.32. The quantitative estimate of drug-likeness (QED) is 0.118. The molecule has 0 N–H and O–H groups in total. The lowest BCUT2D eigenvalue weighted by Gasteiger charge is -2.37. The van der Waals surface area contributed by atoms with E-state index in [9.17, 15) is 4.79 Å². The number of likely N-dealkylation sites (N-methyl/N-ethyl adjacent to an activating group) is 2. The second kappa shape index (κ2) is 13.9. The van der Waals surface area contributed by atoms with Crippen LogP contribution in [0.15, 0.2) is 60.7 Å².